The van der Waals surface area contributed by atoms with Gasteiger partial charge in [0.25, 0.3) is 0 Å². The van der Waals surface area contributed by atoms with Crippen LogP contribution < -0.4 is 5.73 Å². The lowest BCUT2D eigenvalue weighted by atomic mass is 9.76. The number of hydrogen-bond acceptors (Lipinski definition) is 2. The van der Waals surface area contributed by atoms with Crippen LogP contribution in [0.1, 0.15) is 34.1 Å². The smallest absolute Gasteiger partial charge is 0.0448 e. The van der Waals surface area contributed by atoms with E-state index < -0.39 is 0 Å². The lowest BCUT2D eigenvalue weighted by molar-refractivity contribution is 0.157. The van der Waals surface area contributed by atoms with Crippen LogP contribution in [-0.2, 0) is 0 Å². The minimum atomic E-state index is -0.200. The van der Waals surface area contributed by atoms with E-state index in [0.717, 1.165) is 0 Å². The standard InChI is InChI=1S/C9H21NO/c1-7(2)9(10,5-6-11)8(3)4/h7-8,11H,5-6,10H2,1-4H3. The maximum absolute atomic E-state index is 8.82. The monoisotopic (exact) mass is 159 g/mol. The van der Waals surface area contributed by atoms with Crippen molar-refractivity contribution in [1.29, 1.82) is 0 Å². The van der Waals surface area contributed by atoms with E-state index in [9.17, 15) is 0 Å². The molecule has 0 aromatic carbocycles. The molecule has 2 heteroatoms. The zero-order chi connectivity index (χ0) is 9.07. The Labute approximate surface area is 69.8 Å². The molecule has 0 aliphatic rings. The predicted molar refractivity (Wildman–Crippen MR) is 48.3 cm³/mol. The van der Waals surface area contributed by atoms with Gasteiger partial charge in [-0.2, -0.15) is 0 Å². The van der Waals surface area contributed by atoms with Gasteiger partial charge in [-0.25, -0.2) is 0 Å². The van der Waals surface area contributed by atoms with E-state index in [4.69, 9.17) is 10.8 Å². The molecule has 0 atom stereocenters. The molecule has 0 aromatic rings. The summed E-state index contributed by atoms with van der Waals surface area (Å²) in [6, 6.07) is 0. The fraction of sp³-hybridized carbons (Fsp3) is 1.00. The zero-order valence-corrected chi connectivity index (χ0v) is 8.09. The Hall–Kier alpha value is -0.0800. The van der Waals surface area contributed by atoms with Crippen LogP contribution >= 0.6 is 0 Å². The van der Waals surface area contributed by atoms with Crippen molar-refractivity contribution in [1.82, 2.24) is 0 Å². The van der Waals surface area contributed by atoms with Crippen molar-refractivity contribution < 1.29 is 5.11 Å². The average Bonchev–Trinajstić information content (AvgIpc) is 1.87. The number of aliphatic hydroxyl groups excluding tert-OH is 1. The molecule has 0 heterocycles. The molecular formula is C9H21NO. The molecule has 0 rings (SSSR count). The van der Waals surface area contributed by atoms with Crippen molar-refractivity contribution in [3.63, 3.8) is 0 Å². The number of aliphatic hydroxyl groups is 1. The second kappa shape index (κ2) is 4.07. The summed E-state index contributed by atoms with van der Waals surface area (Å²) in [5, 5.41) is 8.82. The number of nitrogens with two attached hydrogens (primary N) is 1. The fourth-order valence-electron chi connectivity index (χ4n) is 1.44. The van der Waals surface area contributed by atoms with E-state index in [1.807, 2.05) is 0 Å². The molecular weight excluding hydrogens is 138 g/mol. The Morgan fingerprint density at radius 2 is 1.55 bits per heavy atom. The molecule has 0 radical (unpaired) electrons. The second-order valence-electron chi connectivity index (χ2n) is 3.90. The molecule has 3 N–H and O–H groups in total. The molecule has 0 amide bonds. The summed E-state index contributed by atoms with van der Waals surface area (Å²) >= 11 is 0. The maximum atomic E-state index is 8.82. The quantitative estimate of drug-likeness (QED) is 0.651. The number of rotatable bonds is 4. The summed E-state index contributed by atoms with van der Waals surface area (Å²) in [5.74, 6) is 0.851. The topological polar surface area (TPSA) is 46.2 Å². The highest BCUT2D eigenvalue weighted by Crippen LogP contribution is 2.26. The normalized spacial score (nSPS) is 13.1. The van der Waals surface area contributed by atoms with E-state index in [1.165, 1.54) is 0 Å². The van der Waals surface area contributed by atoms with Gasteiger partial charge in [-0.15, -0.1) is 0 Å². The molecule has 2 nitrogen and oxygen atoms in total. The first-order valence-corrected chi connectivity index (χ1v) is 4.35. The van der Waals surface area contributed by atoms with E-state index >= 15 is 0 Å². The fourth-order valence-corrected chi connectivity index (χ4v) is 1.44. The molecule has 0 unspecified atom stereocenters. The average molecular weight is 159 g/mol. The third kappa shape index (κ3) is 2.46. The molecule has 0 bridgehead atoms. The van der Waals surface area contributed by atoms with Crippen molar-refractivity contribution in [3.05, 3.63) is 0 Å². The summed E-state index contributed by atoms with van der Waals surface area (Å²) in [4.78, 5) is 0. The Morgan fingerprint density at radius 3 is 1.64 bits per heavy atom. The van der Waals surface area contributed by atoms with Gasteiger partial charge in [0, 0.05) is 12.1 Å². The molecule has 11 heavy (non-hydrogen) atoms. The lowest BCUT2D eigenvalue weighted by Crippen LogP contribution is -2.50. The van der Waals surface area contributed by atoms with E-state index in [0.29, 0.717) is 18.3 Å². The van der Waals surface area contributed by atoms with Crippen molar-refractivity contribution in [3.8, 4) is 0 Å². The minimum absolute atomic E-state index is 0.187. The van der Waals surface area contributed by atoms with Gasteiger partial charge in [0.05, 0.1) is 0 Å². The molecule has 0 aliphatic heterocycles. The summed E-state index contributed by atoms with van der Waals surface area (Å²) in [6.07, 6.45) is 0.697. The molecule has 0 aliphatic carbocycles. The van der Waals surface area contributed by atoms with Crippen molar-refractivity contribution in [2.75, 3.05) is 6.61 Å². The van der Waals surface area contributed by atoms with Crippen molar-refractivity contribution in [2.24, 2.45) is 17.6 Å². The summed E-state index contributed by atoms with van der Waals surface area (Å²) < 4.78 is 0. The van der Waals surface area contributed by atoms with Crippen LogP contribution in [0.25, 0.3) is 0 Å². The molecule has 0 fully saturated rings. The minimum Gasteiger partial charge on any atom is -0.396 e. The van der Waals surface area contributed by atoms with Crippen molar-refractivity contribution >= 4 is 0 Å². The first kappa shape index (κ1) is 10.9. The molecule has 0 saturated heterocycles. The Balaban J connectivity index is 4.26. The van der Waals surface area contributed by atoms with Gasteiger partial charge in [0.2, 0.25) is 0 Å². The van der Waals surface area contributed by atoms with Crippen LogP contribution in [0.5, 0.6) is 0 Å². The summed E-state index contributed by atoms with van der Waals surface area (Å²) in [5.41, 5.74) is 5.93. The third-order valence-electron chi connectivity index (χ3n) is 2.69. The first-order valence-electron chi connectivity index (χ1n) is 4.35. The van der Waals surface area contributed by atoms with E-state index in [2.05, 4.69) is 27.7 Å². The Bertz CT molecular complexity index is 102. The van der Waals surface area contributed by atoms with Crippen LogP contribution in [0.15, 0.2) is 0 Å². The van der Waals surface area contributed by atoms with Gasteiger partial charge in [-0.3, -0.25) is 0 Å². The van der Waals surface area contributed by atoms with Gasteiger partial charge >= 0.3 is 0 Å². The largest absolute Gasteiger partial charge is 0.396 e. The highest BCUT2D eigenvalue weighted by atomic mass is 16.3. The van der Waals surface area contributed by atoms with Crippen LogP contribution in [0.3, 0.4) is 0 Å². The van der Waals surface area contributed by atoms with Crippen LogP contribution in [0.2, 0.25) is 0 Å². The van der Waals surface area contributed by atoms with E-state index in [1.54, 1.807) is 0 Å². The summed E-state index contributed by atoms with van der Waals surface area (Å²) in [7, 11) is 0. The second-order valence-corrected chi connectivity index (χ2v) is 3.90. The summed E-state index contributed by atoms with van der Waals surface area (Å²) in [6.45, 7) is 8.61. The lowest BCUT2D eigenvalue weighted by Gasteiger charge is -2.37. The molecule has 68 valence electrons. The van der Waals surface area contributed by atoms with Crippen LogP contribution in [0.4, 0.5) is 0 Å². The van der Waals surface area contributed by atoms with Crippen molar-refractivity contribution in [2.45, 2.75) is 39.7 Å². The van der Waals surface area contributed by atoms with Gasteiger partial charge in [-0.05, 0) is 18.3 Å². The molecule has 0 spiro atoms. The number of hydrogen-bond donors (Lipinski definition) is 2. The predicted octanol–water partition coefficient (Wildman–Crippen LogP) is 1.38. The van der Waals surface area contributed by atoms with Gasteiger partial charge in [0.1, 0.15) is 0 Å². The maximum Gasteiger partial charge on any atom is 0.0448 e. The molecule has 0 aromatic heterocycles. The molecule has 0 saturated carbocycles. The Morgan fingerprint density at radius 1 is 1.18 bits per heavy atom. The first-order chi connectivity index (χ1) is 4.95. The van der Waals surface area contributed by atoms with Crippen LogP contribution in [0, 0.1) is 11.8 Å². The van der Waals surface area contributed by atoms with Gasteiger partial charge in [-0.1, -0.05) is 27.7 Å². The third-order valence-corrected chi connectivity index (χ3v) is 2.69. The van der Waals surface area contributed by atoms with Gasteiger partial charge in [0.15, 0.2) is 0 Å². The Kier molecular flexibility index (Phi) is 4.04. The SMILES string of the molecule is CC(C)C(N)(CCO)C(C)C. The zero-order valence-electron chi connectivity index (χ0n) is 8.09. The highest BCUT2D eigenvalue weighted by Gasteiger charge is 2.31. The van der Waals surface area contributed by atoms with Crippen LogP contribution in [-0.4, -0.2) is 17.3 Å². The highest BCUT2D eigenvalue weighted by molar-refractivity contribution is 4.89. The van der Waals surface area contributed by atoms with E-state index in [-0.39, 0.29) is 12.1 Å². The van der Waals surface area contributed by atoms with Gasteiger partial charge < -0.3 is 10.8 Å².